The van der Waals surface area contributed by atoms with Gasteiger partial charge in [-0.25, -0.2) is 0 Å². The maximum Gasteiger partial charge on any atom is 0.243 e. The van der Waals surface area contributed by atoms with Gasteiger partial charge < -0.3 is 10.6 Å². The highest BCUT2D eigenvalue weighted by atomic mass is 16.2. The van der Waals surface area contributed by atoms with Crippen molar-refractivity contribution in [2.75, 3.05) is 0 Å². The predicted octanol–water partition coefficient (Wildman–Crippen LogP) is 1.66. The molecule has 2 rings (SSSR count). The van der Waals surface area contributed by atoms with Gasteiger partial charge in [-0.3, -0.25) is 9.59 Å². The predicted molar refractivity (Wildman–Crippen MR) is 69.9 cm³/mol. The average molecular weight is 250 g/mol. The van der Waals surface area contributed by atoms with Gasteiger partial charge in [0.05, 0.1) is 0 Å². The Morgan fingerprint density at radius 2 is 2.28 bits per heavy atom. The Hall–Kier alpha value is -1.32. The zero-order valence-electron chi connectivity index (χ0n) is 11.0. The first-order valence-corrected chi connectivity index (χ1v) is 6.85. The van der Waals surface area contributed by atoms with Crippen LogP contribution in [-0.2, 0) is 9.59 Å². The monoisotopic (exact) mass is 250 g/mol. The molecule has 2 N–H and O–H groups in total. The largest absolute Gasteiger partial charge is 0.349 e. The highest BCUT2D eigenvalue weighted by Crippen LogP contribution is 2.23. The third-order valence-electron chi connectivity index (χ3n) is 3.82. The first-order valence-electron chi connectivity index (χ1n) is 6.85. The van der Waals surface area contributed by atoms with Gasteiger partial charge in [-0.15, -0.1) is 0 Å². The van der Waals surface area contributed by atoms with Crippen LogP contribution in [0.5, 0.6) is 0 Å². The Morgan fingerprint density at radius 3 is 3.00 bits per heavy atom. The van der Waals surface area contributed by atoms with E-state index in [-0.39, 0.29) is 23.4 Å². The molecule has 4 nitrogen and oxygen atoms in total. The lowest BCUT2D eigenvalue weighted by molar-refractivity contribution is -0.129. The molecule has 0 aromatic carbocycles. The van der Waals surface area contributed by atoms with E-state index in [1.165, 1.54) is 0 Å². The summed E-state index contributed by atoms with van der Waals surface area (Å²) in [6.45, 7) is 2.08. The molecule has 18 heavy (non-hydrogen) atoms. The van der Waals surface area contributed by atoms with Crippen molar-refractivity contribution in [3.63, 3.8) is 0 Å². The van der Waals surface area contributed by atoms with Crippen molar-refractivity contribution in [1.82, 2.24) is 10.6 Å². The Bertz CT molecular complexity index is 365. The van der Waals surface area contributed by atoms with Gasteiger partial charge in [0, 0.05) is 12.0 Å². The quantitative estimate of drug-likeness (QED) is 0.732. The lowest BCUT2D eigenvalue weighted by atomic mass is 9.87. The van der Waals surface area contributed by atoms with E-state index in [1.54, 1.807) is 0 Å². The van der Waals surface area contributed by atoms with Crippen molar-refractivity contribution < 1.29 is 9.59 Å². The molecule has 1 aliphatic heterocycles. The second kappa shape index (κ2) is 5.55. The molecule has 1 heterocycles. The van der Waals surface area contributed by atoms with Crippen LogP contribution in [0.2, 0.25) is 0 Å². The van der Waals surface area contributed by atoms with E-state index in [2.05, 4.69) is 29.7 Å². The molecule has 1 saturated heterocycles. The van der Waals surface area contributed by atoms with Crippen LogP contribution >= 0.6 is 0 Å². The minimum Gasteiger partial charge on any atom is -0.349 e. The van der Waals surface area contributed by atoms with Crippen molar-refractivity contribution in [1.29, 1.82) is 0 Å². The van der Waals surface area contributed by atoms with Crippen molar-refractivity contribution in [3.05, 3.63) is 12.2 Å². The van der Waals surface area contributed by atoms with E-state index in [1.807, 2.05) is 0 Å². The first-order chi connectivity index (χ1) is 8.59. The van der Waals surface area contributed by atoms with Gasteiger partial charge in [-0.2, -0.15) is 0 Å². The van der Waals surface area contributed by atoms with Gasteiger partial charge in [0.25, 0.3) is 0 Å². The summed E-state index contributed by atoms with van der Waals surface area (Å²) in [7, 11) is 0. The maximum absolute atomic E-state index is 12.2. The zero-order valence-corrected chi connectivity index (χ0v) is 11.0. The van der Waals surface area contributed by atoms with Crippen LogP contribution in [0, 0.1) is 0 Å². The Labute approximate surface area is 108 Å². The number of hydrogen-bond acceptors (Lipinski definition) is 2. The molecule has 2 atom stereocenters. The molecular weight excluding hydrogens is 228 g/mol. The smallest absolute Gasteiger partial charge is 0.243 e. The third kappa shape index (κ3) is 3.34. The highest BCUT2D eigenvalue weighted by molar-refractivity contribution is 5.88. The van der Waals surface area contributed by atoms with Gasteiger partial charge in [0.15, 0.2) is 0 Å². The van der Waals surface area contributed by atoms with Crippen LogP contribution in [0.1, 0.15) is 51.9 Å². The highest BCUT2D eigenvalue weighted by Gasteiger charge is 2.30. The summed E-state index contributed by atoms with van der Waals surface area (Å²) in [5, 5.41) is 5.92. The van der Waals surface area contributed by atoms with Crippen LogP contribution in [0.4, 0.5) is 0 Å². The van der Waals surface area contributed by atoms with E-state index in [4.69, 9.17) is 0 Å². The normalized spacial score (nSPS) is 32.5. The number of hydrogen-bond donors (Lipinski definition) is 2. The molecule has 0 aromatic rings. The fourth-order valence-electron chi connectivity index (χ4n) is 2.63. The average Bonchev–Trinajstić information content (AvgIpc) is 2.54. The molecule has 2 aliphatic rings. The second-order valence-electron chi connectivity index (χ2n) is 5.63. The Balaban J connectivity index is 1.94. The van der Waals surface area contributed by atoms with Crippen molar-refractivity contribution in [2.45, 2.75) is 63.5 Å². The molecule has 2 amide bonds. The first kappa shape index (κ1) is 13.1. The van der Waals surface area contributed by atoms with Gasteiger partial charge in [0.1, 0.15) is 6.04 Å². The minimum atomic E-state index is -0.345. The molecular formula is C14H22N2O2. The molecule has 1 aliphatic carbocycles. The lowest BCUT2D eigenvalue weighted by Gasteiger charge is -2.33. The summed E-state index contributed by atoms with van der Waals surface area (Å²) < 4.78 is 0. The minimum absolute atomic E-state index is 0.00124. The number of rotatable bonds is 2. The van der Waals surface area contributed by atoms with E-state index >= 15 is 0 Å². The molecule has 2 unspecified atom stereocenters. The fraction of sp³-hybridized carbons (Fsp3) is 0.714. The van der Waals surface area contributed by atoms with Crippen LogP contribution in [-0.4, -0.2) is 23.4 Å². The zero-order chi connectivity index (χ0) is 13.0. The SMILES string of the molecule is CC1(NC(=O)C2CCCCC(=O)N2)CC=CCC1. The number of amides is 2. The number of carbonyl (C=O) groups excluding carboxylic acids is 2. The molecule has 0 aromatic heterocycles. The Kier molecular flexibility index (Phi) is 4.04. The topological polar surface area (TPSA) is 58.2 Å². The second-order valence-corrected chi connectivity index (χ2v) is 5.63. The van der Waals surface area contributed by atoms with Gasteiger partial charge in [-0.05, 0) is 39.0 Å². The van der Waals surface area contributed by atoms with Crippen LogP contribution < -0.4 is 10.6 Å². The van der Waals surface area contributed by atoms with Crippen molar-refractivity contribution in [3.8, 4) is 0 Å². The summed E-state index contributed by atoms with van der Waals surface area (Å²) in [4.78, 5) is 23.7. The summed E-state index contributed by atoms with van der Waals surface area (Å²) in [6, 6.07) is -0.345. The van der Waals surface area contributed by atoms with Crippen molar-refractivity contribution in [2.24, 2.45) is 0 Å². The molecule has 4 heteroatoms. The lowest BCUT2D eigenvalue weighted by Crippen LogP contribution is -2.54. The van der Waals surface area contributed by atoms with Gasteiger partial charge in [-0.1, -0.05) is 18.6 Å². The standard InChI is InChI=1S/C14H22N2O2/c1-14(9-5-2-6-10-14)16-13(18)11-7-3-4-8-12(17)15-11/h2,5,11H,3-4,6-10H2,1H3,(H,15,17)(H,16,18). The van der Waals surface area contributed by atoms with E-state index in [0.717, 1.165) is 38.5 Å². The molecule has 100 valence electrons. The van der Waals surface area contributed by atoms with Crippen LogP contribution in [0.15, 0.2) is 12.2 Å². The molecule has 0 radical (unpaired) electrons. The van der Waals surface area contributed by atoms with Gasteiger partial charge >= 0.3 is 0 Å². The maximum atomic E-state index is 12.2. The molecule has 1 fully saturated rings. The summed E-state index contributed by atoms with van der Waals surface area (Å²) in [6.07, 6.45) is 10.2. The van der Waals surface area contributed by atoms with Crippen LogP contribution in [0.3, 0.4) is 0 Å². The Morgan fingerprint density at radius 1 is 1.44 bits per heavy atom. The summed E-state index contributed by atoms with van der Waals surface area (Å²) >= 11 is 0. The number of allylic oxidation sites excluding steroid dienone is 1. The van der Waals surface area contributed by atoms with Crippen molar-refractivity contribution >= 4 is 11.8 Å². The number of carbonyl (C=O) groups is 2. The molecule has 0 spiro atoms. The van der Waals surface area contributed by atoms with Gasteiger partial charge in [0.2, 0.25) is 11.8 Å². The number of nitrogens with one attached hydrogen (secondary N) is 2. The molecule has 0 saturated carbocycles. The third-order valence-corrected chi connectivity index (χ3v) is 3.82. The van der Waals surface area contributed by atoms with E-state index in [0.29, 0.717) is 6.42 Å². The van der Waals surface area contributed by atoms with Crippen LogP contribution in [0.25, 0.3) is 0 Å². The summed E-state index contributed by atoms with van der Waals surface area (Å²) in [5.41, 5.74) is -0.150. The van der Waals surface area contributed by atoms with E-state index < -0.39 is 0 Å². The fourth-order valence-corrected chi connectivity index (χ4v) is 2.63. The summed E-state index contributed by atoms with van der Waals surface area (Å²) in [5.74, 6) is -0.0237. The molecule has 0 bridgehead atoms. The van der Waals surface area contributed by atoms with E-state index in [9.17, 15) is 9.59 Å².